The number of hydrogen-bond donors (Lipinski definition) is 1. The third-order valence-electron chi connectivity index (χ3n) is 6.11. The Bertz CT molecular complexity index is 835. The highest BCUT2D eigenvalue weighted by molar-refractivity contribution is 5.73. The average molecular weight is 471 g/mol. The highest BCUT2D eigenvalue weighted by atomic mass is 17.1. The molecular weight excluding hydrogens is 428 g/mol. The lowest BCUT2D eigenvalue weighted by atomic mass is 9.90. The molecule has 2 unspecified atom stereocenters. The maximum absolute atomic E-state index is 13.0. The molecule has 5 heteroatoms. The maximum Gasteiger partial charge on any atom is 0.311 e. The van der Waals surface area contributed by atoms with E-state index in [9.17, 15) is 10.1 Å². The first kappa shape index (κ1) is 27.9. The SMILES string of the molecule is CCCCCCCCCC(C(=O)OCCOc1cccc(C)c1)C(Cc1cccc(C)c1)OO. The van der Waals surface area contributed by atoms with Crippen molar-refractivity contribution in [2.24, 2.45) is 5.92 Å². The minimum Gasteiger partial charge on any atom is -0.490 e. The second-order valence-corrected chi connectivity index (χ2v) is 9.19. The fraction of sp³-hybridized carbons (Fsp3) is 0.552. The molecule has 0 fully saturated rings. The van der Waals surface area contributed by atoms with E-state index in [0.717, 1.165) is 41.7 Å². The Morgan fingerprint density at radius 2 is 1.56 bits per heavy atom. The summed E-state index contributed by atoms with van der Waals surface area (Å²) >= 11 is 0. The van der Waals surface area contributed by atoms with Gasteiger partial charge in [-0.1, -0.05) is 93.8 Å². The van der Waals surface area contributed by atoms with Crippen molar-refractivity contribution in [3.05, 3.63) is 65.2 Å². The van der Waals surface area contributed by atoms with E-state index in [2.05, 4.69) is 13.0 Å². The predicted octanol–water partition coefficient (Wildman–Crippen LogP) is 7.08. The monoisotopic (exact) mass is 470 g/mol. The van der Waals surface area contributed by atoms with Crippen LogP contribution in [-0.2, 0) is 20.8 Å². The number of benzene rings is 2. The van der Waals surface area contributed by atoms with Crippen LogP contribution in [0.2, 0.25) is 0 Å². The Morgan fingerprint density at radius 3 is 2.24 bits per heavy atom. The minimum absolute atomic E-state index is 0.156. The molecule has 0 spiro atoms. The Labute approximate surface area is 205 Å². The first-order valence-electron chi connectivity index (χ1n) is 12.7. The lowest BCUT2D eigenvalue weighted by Gasteiger charge is -2.23. The number of esters is 1. The fourth-order valence-corrected chi connectivity index (χ4v) is 4.22. The summed E-state index contributed by atoms with van der Waals surface area (Å²) < 4.78 is 11.3. The molecule has 0 aliphatic carbocycles. The molecule has 0 aliphatic heterocycles. The first-order chi connectivity index (χ1) is 16.5. The van der Waals surface area contributed by atoms with Crippen molar-refractivity contribution in [2.75, 3.05) is 13.2 Å². The number of carbonyl (C=O) groups excluding carboxylic acids is 1. The van der Waals surface area contributed by atoms with Gasteiger partial charge in [0.05, 0.1) is 5.92 Å². The van der Waals surface area contributed by atoms with Crippen molar-refractivity contribution < 1.29 is 24.4 Å². The van der Waals surface area contributed by atoms with Crippen LogP contribution in [0.5, 0.6) is 5.75 Å². The summed E-state index contributed by atoms with van der Waals surface area (Å²) in [6, 6.07) is 15.8. The summed E-state index contributed by atoms with van der Waals surface area (Å²) in [6.45, 7) is 6.68. The summed E-state index contributed by atoms with van der Waals surface area (Å²) in [5.74, 6) is -0.114. The summed E-state index contributed by atoms with van der Waals surface area (Å²) in [6.07, 6.45) is 8.55. The van der Waals surface area contributed by atoms with Crippen LogP contribution in [0.4, 0.5) is 0 Å². The molecule has 2 aromatic rings. The van der Waals surface area contributed by atoms with Crippen LogP contribution in [0, 0.1) is 19.8 Å². The standard InChI is InChI=1S/C29H42O5/c1-4-5-6-7-8-9-10-17-27(28(34-31)22-25-15-11-13-23(2)20-25)29(30)33-19-18-32-26-16-12-14-24(3)21-26/h11-16,20-21,27-28,31H,4-10,17-19,22H2,1-3H3. The largest absolute Gasteiger partial charge is 0.490 e. The van der Waals surface area contributed by atoms with Crippen LogP contribution in [-0.4, -0.2) is 30.5 Å². The van der Waals surface area contributed by atoms with E-state index in [1.807, 2.05) is 56.3 Å². The number of aryl methyl sites for hydroxylation is 2. The molecule has 0 saturated carbocycles. The van der Waals surface area contributed by atoms with Gasteiger partial charge in [0.1, 0.15) is 25.1 Å². The second kappa shape index (κ2) is 16.3. The highest BCUT2D eigenvalue weighted by Gasteiger charge is 2.31. The van der Waals surface area contributed by atoms with Gasteiger partial charge >= 0.3 is 5.97 Å². The fourth-order valence-electron chi connectivity index (χ4n) is 4.22. The van der Waals surface area contributed by atoms with Gasteiger partial charge in [-0.3, -0.25) is 10.1 Å². The molecule has 34 heavy (non-hydrogen) atoms. The third-order valence-corrected chi connectivity index (χ3v) is 6.11. The predicted molar refractivity (Wildman–Crippen MR) is 136 cm³/mol. The Morgan fingerprint density at radius 1 is 0.882 bits per heavy atom. The molecule has 0 bridgehead atoms. The number of carbonyl (C=O) groups is 1. The molecule has 1 N–H and O–H groups in total. The Kier molecular flexibility index (Phi) is 13.4. The van der Waals surface area contributed by atoms with E-state index in [4.69, 9.17) is 14.4 Å². The van der Waals surface area contributed by atoms with Crippen molar-refractivity contribution in [3.8, 4) is 5.75 Å². The van der Waals surface area contributed by atoms with E-state index in [1.54, 1.807) is 0 Å². The zero-order valence-corrected chi connectivity index (χ0v) is 21.1. The van der Waals surface area contributed by atoms with Crippen molar-refractivity contribution in [1.29, 1.82) is 0 Å². The molecule has 0 heterocycles. The van der Waals surface area contributed by atoms with Gasteiger partial charge in [0.25, 0.3) is 0 Å². The summed E-state index contributed by atoms with van der Waals surface area (Å²) in [4.78, 5) is 17.8. The molecule has 2 aromatic carbocycles. The zero-order valence-electron chi connectivity index (χ0n) is 21.1. The molecule has 0 amide bonds. The summed E-state index contributed by atoms with van der Waals surface area (Å²) in [5.41, 5.74) is 3.27. The van der Waals surface area contributed by atoms with Crippen molar-refractivity contribution in [1.82, 2.24) is 0 Å². The molecule has 188 valence electrons. The zero-order chi connectivity index (χ0) is 24.6. The van der Waals surface area contributed by atoms with Gasteiger partial charge in [-0.15, -0.1) is 0 Å². The molecule has 2 atom stereocenters. The van der Waals surface area contributed by atoms with Crippen molar-refractivity contribution in [3.63, 3.8) is 0 Å². The van der Waals surface area contributed by atoms with Gasteiger partial charge in [-0.25, -0.2) is 4.89 Å². The topological polar surface area (TPSA) is 65.0 Å². The van der Waals surface area contributed by atoms with E-state index in [-0.39, 0.29) is 19.2 Å². The van der Waals surface area contributed by atoms with Crippen LogP contribution in [0.3, 0.4) is 0 Å². The first-order valence-corrected chi connectivity index (χ1v) is 12.7. The third kappa shape index (κ3) is 10.7. The Hall–Kier alpha value is -2.37. The summed E-state index contributed by atoms with van der Waals surface area (Å²) in [5, 5.41) is 9.69. The van der Waals surface area contributed by atoms with E-state index < -0.39 is 12.0 Å². The smallest absolute Gasteiger partial charge is 0.311 e. The van der Waals surface area contributed by atoms with Crippen LogP contribution >= 0.6 is 0 Å². The van der Waals surface area contributed by atoms with Crippen molar-refractivity contribution >= 4 is 5.97 Å². The van der Waals surface area contributed by atoms with Gasteiger partial charge in [0, 0.05) is 6.42 Å². The van der Waals surface area contributed by atoms with E-state index in [0.29, 0.717) is 12.8 Å². The molecule has 2 rings (SSSR count). The number of ether oxygens (including phenoxy) is 2. The van der Waals surface area contributed by atoms with Gasteiger partial charge in [0.2, 0.25) is 0 Å². The van der Waals surface area contributed by atoms with E-state index >= 15 is 0 Å². The molecule has 0 radical (unpaired) electrons. The van der Waals surface area contributed by atoms with Crippen LogP contribution in [0.1, 0.15) is 75.0 Å². The lowest BCUT2D eigenvalue weighted by Crippen LogP contribution is -2.34. The van der Waals surface area contributed by atoms with E-state index in [1.165, 1.54) is 25.7 Å². The molecule has 5 nitrogen and oxygen atoms in total. The normalized spacial score (nSPS) is 12.8. The average Bonchev–Trinajstić information content (AvgIpc) is 2.82. The lowest BCUT2D eigenvalue weighted by molar-refractivity contribution is -0.290. The van der Waals surface area contributed by atoms with Crippen LogP contribution < -0.4 is 4.74 Å². The molecule has 0 aliphatic rings. The number of unbranched alkanes of at least 4 members (excludes halogenated alkanes) is 6. The molecular formula is C29H42O5. The van der Waals surface area contributed by atoms with Crippen LogP contribution in [0.15, 0.2) is 48.5 Å². The molecule has 0 aromatic heterocycles. The molecule has 0 saturated heterocycles. The van der Waals surface area contributed by atoms with Crippen molar-refractivity contribution in [2.45, 2.75) is 84.7 Å². The number of hydrogen-bond acceptors (Lipinski definition) is 5. The van der Waals surface area contributed by atoms with Gasteiger partial charge < -0.3 is 9.47 Å². The van der Waals surface area contributed by atoms with Gasteiger partial charge in [-0.2, -0.15) is 0 Å². The second-order valence-electron chi connectivity index (χ2n) is 9.19. The highest BCUT2D eigenvalue weighted by Crippen LogP contribution is 2.23. The summed E-state index contributed by atoms with van der Waals surface area (Å²) in [7, 11) is 0. The van der Waals surface area contributed by atoms with Gasteiger partial charge in [0.15, 0.2) is 0 Å². The maximum atomic E-state index is 13.0. The minimum atomic E-state index is -0.646. The quantitative estimate of drug-likeness (QED) is 0.116. The number of rotatable bonds is 17. The van der Waals surface area contributed by atoms with Gasteiger partial charge in [-0.05, 0) is 43.5 Å². The van der Waals surface area contributed by atoms with Crippen LogP contribution in [0.25, 0.3) is 0 Å². The Balaban J connectivity index is 1.91.